The van der Waals surface area contributed by atoms with Gasteiger partial charge in [0.2, 0.25) is 0 Å². The Morgan fingerprint density at radius 3 is 2.39 bits per heavy atom. The van der Waals surface area contributed by atoms with Crippen molar-refractivity contribution in [3.05, 3.63) is 24.5 Å². The molecule has 0 radical (unpaired) electrons. The Kier molecular flexibility index (Phi) is 5.71. The van der Waals surface area contributed by atoms with E-state index in [0.29, 0.717) is 19.4 Å². The first kappa shape index (κ1) is 14.6. The molecule has 0 bridgehead atoms. The van der Waals surface area contributed by atoms with E-state index in [9.17, 15) is 9.90 Å². The van der Waals surface area contributed by atoms with Crippen LogP contribution in [0.25, 0.3) is 0 Å². The predicted octanol–water partition coefficient (Wildman–Crippen LogP) is 1.34. The van der Waals surface area contributed by atoms with Crippen LogP contribution in [-0.2, 0) is 6.54 Å². The number of amides is 2. The van der Waals surface area contributed by atoms with Gasteiger partial charge in [-0.2, -0.15) is 0 Å². The first-order valence-corrected chi connectivity index (χ1v) is 6.44. The molecule has 18 heavy (non-hydrogen) atoms. The second-order valence-corrected chi connectivity index (χ2v) is 4.46. The van der Waals surface area contributed by atoms with Crippen molar-refractivity contribution in [1.82, 2.24) is 15.2 Å². The molecule has 0 fully saturated rings. The smallest absolute Gasteiger partial charge is 0.314 e. The molecule has 1 heterocycles. The number of aliphatic hydroxyl groups is 1. The third-order valence-electron chi connectivity index (χ3n) is 3.22. The van der Waals surface area contributed by atoms with Crippen LogP contribution in [0.1, 0.15) is 26.7 Å². The molecular formula is C13H23N3O2. The number of hydrogen-bond donors (Lipinski definition) is 3. The molecule has 3 N–H and O–H groups in total. The van der Waals surface area contributed by atoms with Crippen molar-refractivity contribution in [3.8, 4) is 0 Å². The maximum absolute atomic E-state index is 11.5. The van der Waals surface area contributed by atoms with Crippen LogP contribution in [0.3, 0.4) is 0 Å². The SMILES string of the molecule is CCC(O)(CC)CNC(=O)NCCn1cccc1. The van der Waals surface area contributed by atoms with Gasteiger partial charge in [-0.15, -0.1) is 0 Å². The van der Waals surface area contributed by atoms with Crippen molar-refractivity contribution < 1.29 is 9.90 Å². The molecule has 102 valence electrons. The Morgan fingerprint density at radius 2 is 1.83 bits per heavy atom. The molecule has 0 unspecified atom stereocenters. The fourth-order valence-corrected chi connectivity index (χ4v) is 1.63. The summed E-state index contributed by atoms with van der Waals surface area (Å²) < 4.78 is 1.99. The van der Waals surface area contributed by atoms with Gasteiger partial charge in [-0.1, -0.05) is 13.8 Å². The molecule has 0 spiro atoms. The molecular weight excluding hydrogens is 230 g/mol. The van der Waals surface area contributed by atoms with Crippen LogP contribution < -0.4 is 10.6 Å². The average Bonchev–Trinajstić information content (AvgIpc) is 2.89. The number of aromatic nitrogens is 1. The van der Waals surface area contributed by atoms with Crippen molar-refractivity contribution in [2.24, 2.45) is 0 Å². The molecule has 1 aromatic heterocycles. The van der Waals surface area contributed by atoms with Crippen molar-refractivity contribution in [2.45, 2.75) is 38.8 Å². The third-order valence-corrected chi connectivity index (χ3v) is 3.22. The standard InChI is InChI=1S/C13H23N3O2/c1-3-13(18,4-2)11-15-12(17)14-7-10-16-8-5-6-9-16/h5-6,8-9,18H,3-4,7,10-11H2,1-2H3,(H2,14,15,17). The summed E-state index contributed by atoms with van der Waals surface area (Å²) in [6, 6.07) is 3.66. The molecule has 2 amide bonds. The van der Waals surface area contributed by atoms with Gasteiger partial charge in [-0.3, -0.25) is 0 Å². The Morgan fingerprint density at radius 1 is 1.22 bits per heavy atom. The zero-order valence-corrected chi connectivity index (χ0v) is 11.1. The monoisotopic (exact) mass is 253 g/mol. The summed E-state index contributed by atoms with van der Waals surface area (Å²) >= 11 is 0. The van der Waals surface area contributed by atoms with Crippen LogP contribution >= 0.6 is 0 Å². The summed E-state index contributed by atoms with van der Waals surface area (Å²) in [4.78, 5) is 11.5. The Labute approximate surface area is 108 Å². The van der Waals surface area contributed by atoms with E-state index in [4.69, 9.17) is 0 Å². The quantitative estimate of drug-likeness (QED) is 0.686. The Hall–Kier alpha value is -1.49. The number of carbonyl (C=O) groups is 1. The van der Waals surface area contributed by atoms with E-state index in [1.165, 1.54) is 0 Å². The molecule has 0 aromatic carbocycles. The van der Waals surface area contributed by atoms with Crippen molar-refractivity contribution in [2.75, 3.05) is 13.1 Å². The fraction of sp³-hybridized carbons (Fsp3) is 0.615. The number of nitrogens with one attached hydrogen (secondary N) is 2. The number of rotatable bonds is 7. The van der Waals surface area contributed by atoms with Crippen LogP contribution in [-0.4, -0.2) is 34.4 Å². The zero-order chi connectivity index (χ0) is 13.4. The lowest BCUT2D eigenvalue weighted by atomic mass is 9.98. The van der Waals surface area contributed by atoms with Crippen LogP contribution in [0.4, 0.5) is 4.79 Å². The number of carbonyl (C=O) groups excluding carboxylic acids is 1. The lowest BCUT2D eigenvalue weighted by molar-refractivity contribution is 0.0349. The fourth-order valence-electron chi connectivity index (χ4n) is 1.63. The molecule has 0 saturated carbocycles. The van der Waals surface area contributed by atoms with Crippen molar-refractivity contribution in [1.29, 1.82) is 0 Å². The number of hydrogen-bond acceptors (Lipinski definition) is 2. The van der Waals surface area contributed by atoms with Gasteiger partial charge in [0.25, 0.3) is 0 Å². The Balaban J connectivity index is 2.18. The van der Waals surface area contributed by atoms with Gasteiger partial charge in [0.15, 0.2) is 0 Å². The van der Waals surface area contributed by atoms with Crippen LogP contribution in [0.5, 0.6) is 0 Å². The molecule has 5 heteroatoms. The van der Waals surface area contributed by atoms with Gasteiger partial charge >= 0.3 is 6.03 Å². The minimum Gasteiger partial charge on any atom is -0.388 e. The minimum atomic E-state index is -0.794. The molecule has 0 atom stereocenters. The van der Waals surface area contributed by atoms with Crippen LogP contribution in [0.2, 0.25) is 0 Å². The van der Waals surface area contributed by atoms with Gasteiger partial charge in [-0.25, -0.2) is 4.79 Å². The molecule has 0 saturated heterocycles. The van der Waals surface area contributed by atoms with Crippen molar-refractivity contribution in [3.63, 3.8) is 0 Å². The van der Waals surface area contributed by atoms with E-state index in [1.54, 1.807) is 0 Å². The molecule has 1 aromatic rings. The van der Waals surface area contributed by atoms with E-state index < -0.39 is 5.60 Å². The molecule has 5 nitrogen and oxygen atoms in total. The van der Waals surface area contributed by atoms with E-state index in [0.717, 1.165) is 6.54 Å². The summed E-state index contributed by atoms with van der Waals surface area (Å²) in [6.45, 7) is 5.42. The summed E-state index contributed by atoms with van der Waals surface area (Å²) in [5, 5.41) is 15.5. The molecule has 0 aliphatic rings. The maximum Gasteiger partial charge on any atom is 0.314 e. The average molecular weight is 253 g/mol. The van der Waals surface area contributed by atoms with E-state index in [2.05, 4.69) is 10.6 Å². The summed E-state index contributed by atoms with van der Waals surface area (Å²) in [7, 11) is 0. The highest BCUT2D eigenvalue weighted by Crippen LogP contribution is 2.12. The lowest BCUT2D eigenvalue weighted by Crippen LogP contribution is -2.46. The first-order valence-electron chi connectivity index (χ1n) is 6.44. The van der Waals surface area contributed by atoms with E-state index in [1.807, 2.05) is 42.9 Å². The highest BCUT2D eigenvalue weighted by molar-refractivity contribution is 5.73. The summed E-state index contributed by atoms with van der Waals surface area (Å²) in [6.07, 6.45) is 5.17. The summed E-state index contributed by atoms with van der Waals surface area (Å²) in [5.41, 5.74) is -0.794. The Bertz CT molecular complexity index is 345. The van der Waals surface area contributed by atoms with E-state index in [-0.39, 0.29) is 12.6 Å². The maximum atomic E-state index is 11.5. The lowest BCUT2D eigenvalue weighted by Gasteiger charge is -2.25. The topological polar surface area (TPSA) is 66.3 Å². The van der Waals surface area contributed by atoms with Gasteiger partial charge in [-0.05, 0) is 25.0 Å². The van der Waals surface area contributed by atoms with Crippen LogP contribution in [0, 0.1) is 0 Å². The van der Waals surface area contributed by atoms with Gasteiger partial charge in [0.05, 0.1) is 5.60 Å². The van der Waals surface area contributed by atoms with Gasteiger partial charge < -0.3 is 20.3 Å². The van der Waals surface area contributed by atoms with E-state index >= 15 is 0 Å². The highest BCUT2D eigenvalue weighted by atomic mass is 16.3. The molecule has 0 aliphatic heterocycles. The highest BCUT2D eigenvalue weighted by Gasteiger charge is 2.22. The second-order valence-electron chi connectivity index (χ2n) is 4.46. The molecule has 1 rings (SSSR count). The summed E-state index contributed by atoms with van der Waals surface area (Å²) in [5.74, 6) is 0. The number of urea groups is 1. The normalized spacial score (nSPS) is 11.3. The van der Waals surface area contributed by atoms with Gasteiger partial charge in [0, 0.05) is 32.0 Å². The molecule has 0 aliphatic carbocycles. The second kappa shape index (κ2) is 7.06. The van der Waals surface area contributed by atoms with Crippen LogP contribution in [0.15, 0.2) is 24.5 Å². The predicted molar refractivity (Wildman–Crippen MR) is 71.4 cm³/mol. The zero-order valence-electron chi connectivity index (χ0n) is 11.1. The number of nitrogens with zero attached hydrogens (tertiary/aromatic N) is 1. The minimum absolute atomic E-state index is 0.234. The van der Waals surface area contributed by atoms with Gasteiger partial charge in [0.1, 0.15) is 0 Å². The third kappa shape index (κ3) is 4.79. The van der Waals surface area contributed by atoms with Crippen molar-refractivity contribution >= 4 is 6.03 Å². The first-order chi connectivity index (χ1) is 8.59. The largest absolute Gasteiger partial charge is 0.388 e.